The van der Waals surface area contributed by atoms with Crippen molar-refractivity contribution >= 4 is 11.6 Å². The molecule has 0 aromatic heterocycles. The van der Waals surface area contributed by atoms with Gasteiger partial charge in [-0.1, -0.05) is 27.2 Å². The minimum atomic E-state index is -0.520. The molecule has 0 aromatic rings. The summed E-state index contributed by atoms with van der Waals surface area (Å²) in [6.45, 7) is 9.30. The first kappa shape index (κ1) is 14.7. The molecule has 2 rings (SSSR count). The smallest absolute Gasteiger partial charge is 0.0653 e. The van der Waals surface area contributed by atoms with E-state index in [9.17, 15) is 5.11 Å². The third-order valence-corrected chi connectivity index (χ3v) is 6.38. The fourth-order valence-electron chi connectivity index (χ4n) is 5.37. The lowest BCUT2D eigenvalue weighted by Crippen LogP contribution is -2.57. The standard InChI is InChI=1S/C16H29ClO/c1-14(2)8-5-9-15(3)12(14)6-10-16(4,18)13(15)7-11-17/h12-13,18H,5-11H2,1-4H3. The van der Waals surface area contributed by atoms with Crippen molar-refractivity contribution < 1.29 is 5.11 Å². The minimum absolute atomic E-state index is 0.276. The second-order valence-electron chi connectivity index (χ2n) is 7.83. The minimum Gasteiger partial charge on any atom is -0.390 e. The van der Waals surface area contributed by atoms with Crippen LogP contribution in [-0.2, 0) is 0 Å². The molecule has 18 heavy (non-hydrogen) atoms. The molecule has 0 amide bonds. The van der Waals surface area contributed by atoms with E-state index in [2.05, 4.69) is 20.8 Å². The predicted molar refractivity (Wildman–Crippen MR) is 77.9 cm³/mol. The fraction of sp³-hybridized carbons (Fsp3) is 1.00. The van der Waals surface area contributed by atoms with E-state index < -0.39 is 5.60 Å². The number of alkyl halides is 1. The topological polar surface area (TPSA) is 20.2 Å². The maximum absolute atomic E-state index is 10.8. The van der Waals surface area contributed by atoms with Crippen LogP contribution in [0.25, 0.3) is 0 Å². The van der Waals surface area contributed by atoms with Gasteiger partial charge < -0.3 is 5.11 Å². The largest absolute Gasteiger partial charge is 0.390 e. The Morgan fingerprint density at radius 2 is 1.78 bits per heavy atom. The van der Waals surface area contributed by atoms with E-state index in [1.54, 1.807) is 0 Å². The van der Waals surface area contributed by atoms with Crippen LogP contribution in [0, 0.1) is 22.7 Å². The highest BCUT2D eigenvalue weighted by atomic mass is 35.5. The molecule has 4 unspecified atom stereocenters. The number of hydrogen-bond donors (Lipinski definition) is 1. The number of hydrogen-bond acceptors (Lipinski definition) is 1. The average Bonchev–Trinajstić information content (AvgIpc) is 2.22. The molecular weight excluding hydrogens is 244 g/mol. The van der Waals surface area contributed by atoms with Crippen LogP contribution in [0.15, 0.2) is 0 Å². The first-order valence-electron chi connectivity index (χ1n) is 7.52. The van der Waals surface area contributed by atoms with Crippen LogP contribution < -0.4 is 0 Å². The summed E-state index contributed by atoms with van der Waals surface area (Å²) in [4.78, 5) is 0. The molecule has 0 aromatic carbocycles. The highest BCUT2D eigenvalue weighted by molar-refractivity contribution is 6.17. The van der Waals surface area contributed by atoms with Gasteiger partial charge in [0.2, 0.25) is 0 Å². The fourth-order valence-corrected chi connectivity index (χ4v) is 5.59. The summed E-state index contributed by atoms with van der Waals surface area (Å²) in [6.07, 6.45) is 6.97. The molecule has 0 bridgehead atoms. The van der Waals surface area contributed by atoms with Crippen LogP contribution in [0.1, 0.15) is 66.2 Å². The van der Waals surface area contributed by atoms with E-state index >= 15 is 0 Å². The summed E-state index contributed by atoms with van der Waals surface area (Å²) in [7, 11) is 0. The molecule has 2 saturated carbocycles. The van der Waals surface area contributed by atoms with Gasteiger partial charge >= 0.3 is 0 Å². The summed E-state index contributed by atoms with van der Waals surface area (Å²) in [6, 6.07) is 0. The Balaban J connectivity index is 2.35. The molecule has 2 heteroatoms. The number of fused-ring (bicyclic) bond motifs is 1. The van der Waals surface area contributed by atoms with Crippen molar-refractivity contribution in [1.82, 2.24) is 0 Å². The molecule has 1 N–H and O–H groups in total. The third-order valence-electron chi connectivity index (χ3n) is 6.16. The molecule has 2 fully saturated rings. The average molecular weight is 273 g/mol. The van der Waals surface area contributed by atoms with Crippen molar-refractivity contribution in [3.05, 3.63) is 0 Å². The second kappa shape index (κ2) is 4.66. The molecule has 0 aliphatic heterocycles. The molecule has 106 valence electrons. The normalized spacial score (nSPS) is 47.7. The Hall–Kier alpha value is 0.250. The van der Waals surface area contributed by atoms with Crippen molar-refractivity contribution in [2.24, 2.45) is 22.7 Å². The van der Waals surface area contributed by atoms with Gasteiger partial charge in [0, 0.05) is 5.88 Å². The van der Waals surface area contributed by atoms with E-state index in [1.807, 2.05) is 6.92 Å². The number of halogens is 1. The van der Waals surface area contributed by atoms with E-state index in [0.717, 1.165) is 18.8 Å². The zero-order valence-electron chi connectivity index (χ0n) is 12.4. The van der Waals surface area contributed by atoms with Gasteiger partial charge in [-0.25, -0.2) is 0 Å². The highest BCUT2D eigenvalue weighted by Gasteiger charge is 2.57. The first-order valence-corrected chi connectivity index (χ1v) is 8.06. The molecule has 0 heterocycles. The lowest BCUT2D eigenvalue weighted by Gasteiger charge is -2.61. The Labute approximate surface area is 117 Å². The summed E-state index contributed by atoms with van der Waals surface area (Å²) >= 11 is 6.02. The van der Waals surface area contributed by atoms with Crippen LogP contribution >= 0.6 is 11.6 Å². The van der Waals surface area contributed by atoms with Crippen molar-refractivity contribution in [1.29, 1.82) is 0 Å². The monoisotopic (exact) mass is 272 g/mol. The maximum Gasteiger partial charge on any atom is 0.0653 e. The molecule has 0 spiro atoms. The number of rotatable bonds is 2. The lowest BCUT2D eigenvalue weighted by molar-refractivity contribution is -0.167. The van der Waals surface area contributed by atoms with Crippen molar-refractivity contribution in [3.63, 3.8) is 0 Å². The molecule has 4 atom stereocenters. The van der Waals surface area contributed by atoms with Gasteiger partial charge in [-0.05, 0) is 61.7 Å². The maximum atomic E-state index is 10.8. The molecule has 2 aliphatic carbocycles. The van der Waals surface area contributed by atoms with E-state index in [0.29, 0.717) is 17.2 Å². The van der Waals surface area contributed by atoms with Crippen LogP contribution in [-0.4, -0.2) is 16.6 Å². The van der Waals surface area contributed by atoms with Crippen LogP contribution in [0.3, 0.4) is 0 Å². The van der Waals surface area contributed by atoms with Crippen LogP contribution in [0.4, 0.5) is 0 Å². The molecule has 1 nitrogen and oxygen atoms in total. The molecular formula is C16H29ClO. The summed E-state index contributed by atoms with van der Waals surface area (Å²) in [5.41, 5.74) is 0.181. The summed E-state index contributed by atoms with van der Waals surface area (Å²) < 4.78 is 0. The zero-order valence-corrected chi connectivity index (χ0v) is 13.2. The molecule has 2 aliphatic rings. The highest BCUT2D eigenvalue weighted by Crippen LogP contribution is 2.62. The molecule has 0 saturated heterocycles. The number of aliphatic hydroxyl groups is 1. The Morgan fingerprint density at radius 3 is 2.39 bits per heavy atom. The SMILES string of the molecule is CC1(C)CCCC2(C)C1CCC(C)(O)C2CCCl. The predicted octanol–water partition coefficient (Wildman–Crippen LogP) is 4.61. The summed E-state index contributed by atoms with van der Waals surface area (Å²) in [5, 5.41) is 10.8. The molecule has 0 radical (unpaired) electrons. The van der Waals surface area contributed by atoms with Gasteiger partial charge in [-0.15, -0.1) is 11.6 Å². The Morgan fingerprint density at radius 1 is 1.11 bits per heavy atom. The third kappa shape index (κ3) is 2.22. The van der Waals surface area contributed by atoms with Crippen molar-refractivity contribution in [2.45, 2.75) is 71.8 Å². The summed E-state index contributed by atoms with van der Waals surface area (Å²) in [5.74, 6) is 1.77. The quantitative estimate of drug-likeness (QED) is 0.728. The van der Waals surface area contributed by atoms with Gasteiger partial charge in [-0.2, -0.15) is 0 Å². The van der Waals surface area contributed by atoms with Gasteiger partial charge in [-0.3, -0.25) is 0 Å². The first-order chi connectivity index (χ1) is 8.24. The second-order valence-corrected chi connectivity index (χ2v) is 8.20. The van der Waals surface area contributed by atoms with Gasteiger partial charge in [0.25, 0.3) is 0 Å². The van der Waals surface area contributed by atoms with Gasteiger partial charge in [0.1, 0.15) is 0 Å². The van der Waals surface area contributed by atoms with Crippen molar-refractivity contribution in [3.8, 4) is 0 Å². The van der Waals surface area contributed by atoms with Crippen LogP contribution in [0.5, 0.6) is 0 Å². The van der Waals surface area contributed by atoms with Crippen LogP contribution in [0.2, 0.25) is 0 Å². The lowest BCUT2D eigenvalue weighted by atomic mass is 9.45. The Bertz CT molecular complexity index is 310. The van der Waals surface area contributed by atoms with E-state index in [-0.39, 0.29) is 5.41 Å². The van der Waals surface area contributed by atoms with Crippen molar-refractivity contribution in [2.75, 3.05) is 5.88 Å². The Kier molecular flexibility index (Phi) is 3.80. The van der Waals surface area contributed by atoms with E-state index in [1.165, 1.54) is 25.7 Å². The zero-order chi connectivity index (χ0) is 13.6. The van der Waals surface area contributed by atoms with Gasteiger partial charge in [0.15, 0.2) is 0 Å². The van der Waals surface area contributed by atoms with Gasteiger partial charge in [0.05, 0.1) is 5.60 Å². The van der Waals surface area contributed by atoms with E-state index in [4.69, 9.17) is 11.6 Å².